The Kier molecular flexibility index (Phi) is 5.57. The Morgan fingerprint density at radius 3 is 3.00 bits per heavy atom. The Morgan fingerprint density at radius 1 is 1.38 bits per heavy atom. The highest BCUT2D eigenvalue weighted by atomic mass is 19.1. The third-order valence-electron chi connectivity index (χ3n) is 3.01. The molecular weight excluding hydrogens is 273 g/mol. The second-order valence-corrected chi connectivity index (χ2v) is 4.42. The van der Waals surface area contributed by atoms with E-state index in [0.717, 1.165) is 6.42 Å². The zero-order chi connectivity index (χ0) is 15.1. The molecule has 1 aromatic heterocycles. The second kappa shape index (κ2) is 7.64. The maximum Gasteiger partial charge on any atom is 0.207 e. The van der Waals surface area contributed by atoms with E-state index in [0.29, 0.717) is 37.1 Å². The summed E-state index contributed by atoms with van der Waals surface area (Å²) in [5.74, 6) is 0.868. The van der Waals surface area contributed by atoms with Gasteiger partial charge >= 0.3 is 0 Å². The first-order valence-corrected chi connectivity index (χ1v) is 6.95. The van der Waals surface area contributed by atoms with E-state index in [9.17, 15) is 4.39 Å². The van der Waals surface area contributed by atoms with Crippen molar-refractivity contribution >= 4 is 5.95 Å². The molecule has 0 aliphatic rings. The number of hydrogen-bond donors (Lipinski definition) is 1. The minimum absolute atomic E-state index is 0.328. The van der Waals surface area contributed by atoms with E-state index in [4.69, 9.17) is 9.47 Å². The minimum Gasteiger partial charge on any atom is -0.497 e. The number of nitrogens with zero attached hydrogens (tertiary/aromatic N) is 2. The number of anilines is 1. The molecule has 0 saturated heterocycles. The van der Waals surface area contributed by atoms with E-state index in [-0.39, 0.29) is 5.82 Å². The van der Waals surface area contributed by atoms with Crippen LogP contribution in [-0.2, 0) is 4.74 Å². The van der Waals surface area contributed by atoms with Gasteiger partial charge in [0.15, 0.2) is 0 Å². The summed E-state index contributed by atoms with van der Waals surface area (Å²) in [6.07, 6.45) is 4.20. The quantitative estimate of drug-likeness (QED) is 0.760. The molecule has 1 N–H and O–H groups in total. The minimum atomic E-state index is -0.328. The highest BCUT2D eigenvalue weighted by molar-refractivity contribution is 5.46. The number of hydrogen-bond acceptors (Lipinski definition) is 4. The van der Waals surface area contributed by atoms with Crippen molar-refractivity contribution in [2.75, 3.05) is 32.2 Å². The molecule has 21 heavy (non-hydrogen) atoms. The number of methoxy groups -OCH3 is 1. The Hall–Kier alpha value is -2.08. The summed E-state index contributed by atoms with van der Waals surface area (Å²) in [6, 6.07) is 4.61. The largest absolute Gasteiger partial charge is 0.497 e. The van der Waals surface area contributed by atoms with Crippen molar-refractivity contribution in [1.29, 1.82) is 0 Å². The average Bonchev–Trinajstić information content (AvgIpc) is 2.96. The second-order valence-electron chi connectivity index (χ2n) is 4.42. The van der Waals surface area contributed by atoms with Gasteiger partial charge in [-0.2, -0.15) is 0 Å². The molecule has 0 saturated carbocycles. The Balaban J connectivity index is 2.09. The van der Waals surface area contributed by atoms with Crippen molar-refractivity contribution in [2.45, 2.75) is 13.3 Å². The topological polar surface area (TPSA) is 48.3 Å². The first kappa shape index (κ1) is 15.3. The number of benzene rings is 1. The lowest BCUT2D eigenvalue weighted by Crippen LogP contribution is -2.10. The zero-order valence-corrected chi connectivity index (χ0v) is 12.3. The summed E-state index contributed by atoms with van der Waals surface area (Å²) in [5, 5.41) is 3.18. The summed E-state index contributed by atoms with van der Waals surface area (Å²) in [7, 11) is 1.55. The summed E-state index contributed by atoms with van der Waals surface area (Å²) in [4.78, 5) is 4.21. The van der Waals surface area contributed by atoms with Gasteiger partial charge in [-0.1, -0.05) is 0 Å². The monoisotopic (exact) mass is 293 g/mol. The first-order chi connectivity index (χ1) is 10.3. The Morgan fingerprint density at radius 2 is 2.24 bits per heavy atom. The normalized spacial score (nSPS) is 10.6. The van der Waals surface area contributed by atoms with Gasteiger partial charge in [0.2, 0.25) is 5.95 Å². The van der Waals surface area contributed by atoms with Crippen molar-refractivity contribution < 1.29 is 13.9 Å². The van der Waals surface area contributed by atoms with E-state index >= 15 is 0 Å². The standard InChI is InChI=1S/C15H20FN3O2/c1-3-21-10-4-7-17-15-18-8-9-19(15)14-11-12(20-2)5-6-13(14)16/h5-6,8-9,11H,3-4,7,10H2,1-2H3,(H,17,18). The van der Waals surface area contributed by atoms with Gasteiger partial charge in [0.25, 0.3) is 0 Å². The van der Waals surface area contributed by atoms with Crippen molar-refractivity contribution in [3.05, 3.63) is 36.4 Å². The molecule has 0 unspecified atom stereocenters. The third-order valence-corrected chi connectivity index (χ3v) is 3.01. The molecule has 0 atom stereocenters. The molecule has 0 aliphatic heterocycles. The lowest BCUT2D eigenvalue weighted by Gasteiger charge is -2.11. The van der Waals surface area contributed by atoms with Crippen molar-refractivity contribution in [3.63, 3.8) is 0 Å². The summed E-state index contributed by atoms with van der Waals surface area (Å²) >= 11 is 0. The van der Waals surface area contributed by atoms with E-state index in [1.165, 1.54) is 6.07 Å². The van der Waals surface area contributed by atoms with Crippen LogP contribution in [0.3, 0.4) is 0 Å². The molecule has 0 spiro atoms. The van der Waals surface area contributed by atoms with Crippen molar-refractivity contribution in [1.82, 2.24) is 9.55 Å². The highest BCUT2D eigenvalue weighted by Crippen LogP contribution is 2.23. The average molecular weight is 293 g/mol. The van der Waals surface area contributed by atoms with Gasteiger partial charge in [0.1, 0.15) is 11.6 Å². The maximum absolute atomic E-state index is 14.0. The number of rotatable bonds is 8. The van der Waals surface area contributed by atoms with Crippen LogP contribution in [0.1, 0.15) is 13.3 Å². The Bertz CT molecular complexity index is 572. The van der Waals surface area contributed by atoms with Gasteiger partial charge in [-0.3, -0.25) is 4.57 Å². The summed E-state index contributed by atoms with van der Waals surface area (Å²) in [5.41, 5.74) is 0.402. The molecule has 2 rings (SSSR count). The fraction of sp³-hybridized carbons (Fsp3) is 0.400. The molecule has 0 amide bonds. The number of halogens is 1. The molecule has 0 radical (unpaired) electrons. The van der Waals surface area contributed by atoms with Gasteiger partial charge in [-0.05, 0) is 25.5 Å². The van der Waals surface area contributed by atoms with Gasteiger partial charge < -0.3 is 14.8 Å². The molecule has 1 aromatic carbocycles. The van der Waals surface area contributed by atoms with Gasteiger partial charge in [0, 0.05) is 38.2 Å². The third kappa shape index (κ3) is 3.95. The van der Waals surface area contributed by atoms with Crippen LogP contribution in [0.15, 0.2) is 30.6 Å². The van der Waals surface area contributed by atoms with E-state index in [2.05, 4.69) is 10.3 Å². The number of imidazole rings is 1. The van der Waals surface area contributed by atoms with Crippen LogP contribution in [0.25, 0.3) is 5.69 Å². The first-order valence-electron chi connectivity index (χ1n) is 6.95. The predicted molar refractivity (Wildman–Crippen MR) is 79.7 cm³/mol. The number of nitrogens with one attached hydrogen (secondary N) is 1. The molecular formula is C15H20FN3O2. The fourth-order valence-electron chi connectivity index (χ4n) is 1.95. The van der Waals surface area contributed by atoms with Crippen molar-refractivity contribution in [2.24, 2.45) is 0 Å². The van der Waals surface area contributed by atoms with Gasteiger partial charge in [-0.15, -0.1) is 0 Å². The van der Waals surface area contributed by atoms with Crippen LogP contribution in [0, 0.1) is 5.82 Å². The molecule has 6 heteroatoms. The summed E-state index contributed by atoms with van der Waals surface area (Å²) in [6.45, 7) is 4.08. The lowest BCUT2D eigenvalue weighted by molar-refractivity contribution is 0.147. The number of ether oxygens (including phenoxy) is 2. The molecule has 2 aromatic rings. The van der Waals surface area contributed by atoms with Crippen LogP contribution < -0.4 is 10.1 Å². The highest BCUT2D eigenvalue weighted by Gasteiger charge is 2.10. The lowest BCUT2D eigenvalue weighted by atomic mass is 10.3. The summed E-state index contributed by atoms with van der Waals surface area (Å²) < 4.78 is 26.1. The van der Waals surface area contributed by atoms with Crippen LogP contribution in [0.2, 0.25) is 0 Å². The van der Waals surface area contributed by atoms with Crippen LogP contribution in [0.4, 0.5) is 10.3 Å². The van der Waals surface area contributed by atoms with Crippen LogP contribution >= 0.6 is 0 Å². The van der Waals surface area contributed by atoms with Crippen LogP contribution in [0.5, 0.6) is 5.75 Å². The molecule has 5 nitrogen and oxygen atoms in total. The fourth-order valence-corrected chi connectivity index (χ4v) is 1.95. The molecule has 0 fully saturated rings. The molecule has 1 heterocycles. The van der Waals surface area contributed by atoms with Gasteiger partial charge in [-0.25, -0.2) is 9.37 Å². The van der Waals surface area contributed by atoms with Crippen molar-refractivity contribution in [3.8, 4) is 11.4 Å². The van der Waals surface area contributed by atoms with Crippen LogP contribution in [-0.4, -0.2) is 36.4 Å². The number of aromatic nitrogens is 2. The zero-order valence-electron chi connectivity index (χ0n) is 12.3. The smallest absolute Gasteiger partial charge is 0.207 e. The molecule has 114 valence electrons. The van der Waals surface area contributed by atoms with E-state index < -0.39 is 0 Å². The van der Waals surface area contributed by atoms with E-state index in [1.807, 2.05) is 6.92 Å². The molecule has 0 bridgehead atoms. The SMILES string of the molecule is CCOCCCNc1nccn1-c1cc(OC)ccc1F. The Labute approximate surface area is 123 Å². The molecule has 0 aliphatic carbocycles. The van der Waals surface area contributed by atoms with E-state index in [1.54, 1.807) is 36.2 Å². The van der Waals surface area contributed by atoms with Gasteiger partial charge in [0.05, 0.1) is 12.8 Å². The maximum atomic E-state index is 14.0. The predicted octanol–water partition coefficient (Wildman–Crippen LogP) is 2.86.